The lowest BCUT2D eigenvalue weighted by Crippen LogP contribution is -2.65. The Kier molecular flexibility index (Phi) is 8.30. The molecule has 0 aliphatic carbocycles. The molecule has 1 amide bonds. The van der Waals surface area contributed by atoms with E-state index < -0.39 is 48.7 Å². The highest BCUT2D eigenvalue weighted by Gasteiger charge is 2.46. The SMILES string of the molecule is CCOc1cc(C=N[C@H]2[C@H](O)[C@@H](NC(C)=O)[C@H](Oc3ccc4c(C)cc(=O)oc4c3)O[C@@H]2CO)ccc1O. The summed E-state index contributed by atoms with van der Waals surface area (Å²) in [6.07, 6.45) is -2.00. The monoisotopic (exact) mass is 526 g/mol. The topological polar surface area (TPSA) is 160 Å². The minimum atomic E-state index is -1.30. The molecule has 4 rings (SSSR count). The molecule has 3 aromatic rings. The predicted octanol–water partition coefficient (Wildman–Crippen LogP) is 1.66. The number of phenols is 1. The number of hydrogen-bond acceptors (Lipinski definition) is 10. The van der Waals surface area contributed by atoms with E-state index in [9.17, 15) is 24.9 Å². The first kappa shape index (κ1) is 27.1. The number of carbonyl (C=O) groups is 1. The Bertz CT molecular complexity index is 1390. The van der Waals surface area contributed by atoms with Crippen molar-refractivity contribution in [2.45, 2.75) is 51.4 Å². The highest BCUT2D eigenvalue weighted by molar-refractivity contribution is 5.82. The zero-order valence-corrected chi connectivity index (χ0v) is 21.2. The fourth-order valence-electron chi connectivity index (χ4n) is 4.32. The third-order valence-corrected chi connectivity index (χ3v) is 6.11. The van der Waals surface area contributed by atoms with Crippen molar-refractivity contribution in [3.8, 4) is 17.2 Å². The lowest BCUT2D eigenvalue weighted by atomic mass is 9.94. The molecule has 11 heteroatoms. The average Bonchev–Trinajstić information content (AvgIpc) is 2.86. The molecule has 0 saturated carbocycles. The van der Waals surface area contributed by atoms with Crippen molar-refractivity contribution in [1.82, 2.24) is 5.32 Å². The second-order valence-electron chi connectivity index (χ2n) is 8.90. The van der Waals surface area contributed by atoms with E-state index in [0.717, 1.165) is 10.9 Å². The highest BCUT2D eigenvalue weighted by Crippen LogP contribution is 2.30. The van der Waals surface area contributed by atoms with E-state index in [4.69, 9.17) is 18.6 Å². The number of aryl methyl sites for hydroxylation is 1. The molecular formula is C27H30N2O9. The smallest absolute Gasteiger partial charge is 0.336 e. The van der Waals surface area contributed by atoms with Crippen LogP contribution in [0.4, 0.5) is 0 Å². The molecule has 1 saturated heterocycles. The molecule has 4 N–H and O–H groups in total. The summed E-state index contributed by atoms with van der Waals surface area (Å²) in [7, 11) is 0. The predicted molar refractivity (Wildman–Crippen MR) is 138 cm³/mol. The quantitative estimate of drug-likeness (QED) is 0.253. The maximum atomic E-state index is 12.0. The van der Waals surface area contributed by atoms with Crippen LogP contribution in [-0.2, 0) is 9.53 Å². The Labute approximate surface area is 218 Å². The molecule has 0 radical (unpaired) electrons. The average molecular weight is 527 g/mol. The first-order chi connectivity index (χ1) is 18.2. The van der Waals surface area contributed by atoms with Crippen LogP contribution in [0.5, 0.6) is 17.2 Å². The summed E-state index contributed by atoms with van der Waals surface area (Å²) in [4.78, 5) is 28.2. The van der Waals surface area contributed by atoms with Crippen molar-refractivity contribution in [3.05, 3.63) is 64.0 Å². The molecular weight excluding hydrogens is 496 g/mol. The molecule has 2 aromatic carbocycles. The number of fused-ring (bicyclic) bond motifs is 1. The second-order valence-corrected chi connectivity index (χ2v) is 8.90. The number of aliphatic hydroxyl groups excluding tert-OH is 2. The Hall–Kier alpha value is -3.93. The van der Waals surface area contributed by atoms with E-state index in [-0.39, 0.29) is 17.2 Å². The van der Waals surface area contributed by atoms with Crippen LogP contribution in [0.1, 0.15) is 25.0 Å². The molecule has 0 spiro atoms. The molecule has 38 heavy (non-hydrogen) atoms. The molecule has 2 heterocycles. The Balaban J connectivity index is 1.60. The summed E-state index contributed by atoms with van der Waals surface area (Å²) < 4.78 is 22.6. The van der Waals surface area contributed by atoms with Gasteiger partial charge in [0.05, 0.1) is 13.2 Å². The van der Waals surface area contributed by atoms with Crippen LogP contribution in [0.3, 0.4) is 0 Å². The normalized spacial score (nSPS) is 23.4. The fourth-order valence-corrected chi connectivity index (χ4v) is 4.32. The minimum Gasteiger partial charge on any atom is -0.504 e. The Morgan fingerprint density at radius 2 is 2.00 bits per heavy atom. The number of aliphatic hydroxyl groups is 2. The van der Waals surface area contributed by atoms with E-state index in [1.165, 1.54) is 31.3 Å². The van der Waals surface area contributed by atoms with Crippen LogP contribution in [0, 0.1) is 6.92 Å². The van der Waals surface area contributed by atoms with Gasteiger partial charge in [-0.1, -0.05) is 0 Å². The molecule has 0 unspecified atom stereocenters. The number of aliphatic imine (C=N–C) groups is 1. The number of aromatic hydroxyl groups is 1. The van der Waals surface area contributed by atoms with Gasteiger partial charge in [-0.05, 0) is 55.3 Å². The molecule has 11 nitrogen and oxygen atoms in total. The summed E-state index contributed by atoms with van der Waals surface area (Å²) in [5, 5.41) is 34.5. The first-order valence-electron chi connectivity index (χ1n) is 12.1. The van der Waals surface area contributed by atoms with Crippen molar-refractivity contribution in [2.24, 2.45) is 4.99 Å². The number of hydrogen-bond donors (Lipinski definition) is 4. The van der Waals surface area contributed by atoms with Crippen LogP contribution in [0.2, 0.25) is 0 Å². The number of nitrogens with one attached hydrogen (secondary N) is 1. The zero-order chi connectivity index (χ0) is 27.4. The van der Waals surface area contributed by atoms with Crippen molar-refractivity contribution in [1.29, 1.82) is 0 Å². The summed E-state index contributed by atoms with van der Waals surface area (Å²) in [6.45, 7) is 4.74. The summed E-state index contributed by atoms with van der Waals surface area (Å²) in [5.74, 6) is 0.0927. The van der Waals surface area contributed by atoms with Gasteiger partial charge in [0.15, 0.2) is 11.5 Å². The van der Waals surface area contributed by atoms with Gasteiger partial charge in [-0.3, -0.25) is 9.79 Å². The van der Waals surface area contributed by atoms with Gasteiger partial charge in [-0.2, -0.15) is 0 Å². The minimum absolute atomic E-state index is 0.0212. The van der Waals surface area contributed by atoms with Crippen molar-refractivity contribution < 1.29 is 38.7 Å². The van der Waals surface area contributed by atoms with Gasteiger partial charge in [0.25, 0.3) is 0 Å². The summed E-state index contributed by atoms with van der Waals surface area (Å²) in [6, 6.07) is 8.93. The van der Waals surface area contributed by atoms with Gasteiger partial charge in [-0.15, -0.1) is 0 Å². The van der Waals surface area contributed by atoms with E-state index >= 15 is 0 Å². The molecule has 0 bridgehead atoms. The number of benzene rings is 2. The van der Waals surface area contributed by atoms with Crippen molar-refractivity contribution >= 4 is 23.1 Å². The summed E-state index contributed by atoms with van der Waals surface area (Å²) in [5.41, 5.74) is 1.13. The summed E-state index contributed by atoms with van der Waals surface area (Å²) >= 11 is 0. The van der Waals surface area contributed by atoms with Crippen LogP contribution >= 0.6 is 0 Å². The molecule has 1 aliphatic rings. The zero-order valence-electron chi connectivity index (χ0n) is 21.2. The van der Waals surface area contributed by atoms with E-state index in [1.807, 2.05) is 0 Å². The lowest BCUT2D eigenvalue weighted by molar-refractivity contribution is -0.209. The van der Waals surface area contributed by atoms with E-state index in [1.54, 1.807) is 38.1 Å². The van der Waals surface area contributed by atoms with Gasteiger partial charge in [-0.25, -0.2) is 4.79 Å². The Morgan fingerprint density at radius 3 is 2.71 bits per heavy atom. The molecule has 1 aromatic heterocycles. The second kappa shape index (κ2) is 11.6. The number of rotatable bonds is 8. The maximum absolute atomic E-state index is 12.0. The number of ether oxygens (including phenoxy) is 3. The molecule has 1 aliphatic heterocycles. The third kappa shape index (κ3) is 5.96. The fraction of sp³-hybridized carbons (Fsp3) is 0.370. The maximum Gasteiger partial charge on any atom is 0.336 e. The van der Waals surface area contributed by atoms with Crippen LogP contribution in [-0.4, -0.2) is 71.2 Å². The number of amides is 1. The van der Waals surface area contributed by atoms with Gasteiger partial charge in [0, 0.05) is 30.7 Å². The van der Waals surface area contributed by atoms with E-state index in [2.05, 4.69) is 10.3 Å². The van der Waals surface area contributed by atoms with Gasteiger partial charge in [0.1, 0.15) is 35.6 Å². The standard InChI is InChI=1S/C27H30N2O9/c1-4-35-21-10-16(5-8-19(21)32)12-28-24-22(13-30)38-27(25(26(24)34)29-15(3)31)36-17-6-7-18-14(2)9-23(33)37-20(18)11-17/h5-12,22,24-27,30,32,34H,4,13H2,1-3H3,(H,29,31)/t22-,24-,25-,26+,27-/m1/s1. The Morgan fingerprint density at radius 1 is 1.21 bits per heavy atom. The van der Waals surface area contributed by atoms with Crippen LogP contribution in [0.25, 0.3) is 11.0 Å². The van der Waals surface area contributed by atoms with Gasteiger partial charge < -0.3 is 39.3 Å². The molecule has 5 atom stereocenters. The largest absolute Gasteiger partial charge is 0.504 e. The van der Waals surface area contributed by atoms with E-state index in [0.29, 0.717) is 17.8 Å². The number of carbonyl (C=O) groups excluding carboxylic acids is 1. The van der Waals surface area contributed by atoms with Crippen molar-refractivity contribution in [2.75, 3.05) is 13.2 Å². The van der Waals surface area contributed by atoms with Gasteiger partial charge in [0.2, 0.25) is 12.2 Å². The molecule has 202 valence electrons. The lowest BCUT2D eigenvalue weighted by Gasteiger charge is -2.42. The van der Waals surface area contributed by atoms with Crippen LogP contribution in [0.15, 0.2) is 56.7 Å². The first-order valence-corrected chi connectivity index (χ1v) is 12.1. The highest BCUT2D eigenvalue weighted by atomic mass is 16.7. The van der Waals surface area contributed by atoms with Gasteiger partial charge >= 0.3 is 5.63 Å². The van der Waals surface area contributed by atoms with Crippen LogP contribution < -0.4 is 20.4 Å². The molecule has 1 fully saturated rings. The van der Waals surface area contributed by atoms with Crippen molar-refractivity contribution in [3.63, 3.8) is 0 Å². The number of nitrogens with zero attached hydrogens (tertiary/aromatic N) is 1. The number of phenolic OH excluding ortho intramolecular Hbond substituents is 1. The third-order valence-electron chi connectivity index (χ3n) is 6.11.